The van der Waals surface area contributed by atoms with Crippen LogP contribution in [0.4, 0.5) is 5.69 Å². The van der Waals surface area contributed by atoms with E-state index in [0.717, 1.165) is 27.4 Å². The highest BCUT2D eigenvalue weighted by atomic mass is 16.5. The molecule has 0 radical (unpaired) electrons. The number of aromatic nitrogens is 1. The molecule has 0 unspecified atom stereocenters. The Morgan fingerprint density at radius 2 is 1.41 bits per heavy atom. The van der Waals surface area contributed by atoms with Crippen molar-refractivity contribution in [3.8, 4) is 5.75 Å². The Hall–Kier alpha value is -4.58. The number of aromatic carboxylic acids is 1. The molecule has 0 spiro atoms. The number of carboxylic acid groups (broad SMARTS) is 1. The summed E-state index contributed by atoms with van der Waals surface area (Å²) in [6.07, 6.45) is 0. The average Bonchev–Trinajstić information content (AvgIpc) is 3.17. The lowest BCUT2D eigenvalue weighted by molar-refractivity contribution is -0.116. The number of amides is 1. The Morgan fingerprint density at radius 3 is 2.06 bits per heavy atom. The summed E-state index contributed by atoms with van der Waals surface area (Å²) >= 11 is 0. The monoisotopic (exact) mass is 450 g/mol. The molecule has 0 aliphatic heterocycles. The summed E-state index contributed by atoms with van der Waals surface area (Å²) in [7, 11) is 0. The van der Waals surface area contributed by atoms with E-state index >= 15 is 0 Å². The van der Waals surface area contributed by atoms with E-state index < -0.39 is 5.97 Å². The fourth-order valence-electron chi connectivity index (χ4n) is 4.15. The molecule has 6 nitrogen and oxygen atoms in total. The van der Waals surface area contributed by atoms with Crippen LogP contribution in [0.3, 0.4) is 0 Å². The molecule has 4 aromatic carbocycles. The Labute approximate surface area is 196 Å². The molecule has 0 bridgehead atoms. The highest BCUT2D eigenvalue weighted by molar-refractivity contribution is 6.09. The molecule has 0 atom stereocenters. The number of carboxylic acids is 1. The molecule has 34 heavy (non-hydrogen) atoms. The number of hydrogen-bond donors (Lipinski definition) is 2. The Bertz CT molecular complexity index is 1450. The molecule has 0 saturated carbocycles. The Balaban J connectivity index is 1.38. The number of fused-ring (bicyclic) bond motifs is 3. The van der Waals surface area contributed by atoms with Crippen LogP contribution in [0.15, 0.2) is 97.1 Å². The van der Waals surface area contributed by atoms with Gasteiger partial charge >= 0.3 is 5.97 Å². The number of nitrogens with one attached hydrogen (secondary N) is 1. The third kappa shape index (κ3) is 4.21. The number of ether oxygens (including phenoxy) is 1. The van der Waals surface area contributed by atoms with Crippen molar-refractivity contribution < 1.29 is 19.4 Å². The van der Waals surface area contributed by atoms with Gasteiger partial charge in [0.15, 0.2) is 0 Å². The fourth-order valence-corrected chi connectivity index (χ4v) is 4.15. The number of carbonyl (C=O) groups excluding carboxylic acids is 1. The van der Waals surface area contributed by atoms with E-state index in [9.17, 15) is 14.7 Å². The van der Waals surface area contributed by atoms with Gasteiger partial charge < -0.3 is 19.7 Å². The normalized spacial score (nSPS) is 10.9. The number of rotatable bonds is 7. The molecule has 0 fully saturated rings. The van der Waals surface area contributed by atoms with Crippen molar-refractivity contribution in [2.24, 2.45) is 0 Å². The summed E-state index contributed by atoms with van der Waals surface area (Å²) in [5.74, 6) is -1.04. The summed E-state index contributed by atoms with van der Waals surface area (Å²) in [5.41, 5.74) is 3.07. The Morgan fingerprint density at radius 1 is 0.794 bits per heavy atom. The molecule has 6 heteroatoms. The summed E-state index contributed by atoms with van der Waals surface area (Å²) in [6.45, 7) is 0.374. The molecule has 1 heterocycles. The first-order valence-electron chi connectivity index (χ1n) is 10.9. The molecular formula is C28H22N2O4. The molecule has 1 aromatic heterocycles. The summed E-state index contributed by atoms with van der Waals surface area (Å²) in [5, 5.41) is 14.6. The van der Waals surface area contributed by atoms with E-state index in [0.29, 0.717) is 12.4 Å². The SMILES string of the molecule is O=C(Cn1c2ccccc2c2ccccc21)Nc1ccc(OCc2ccccc2)cc1C(=O)O. The summed E-state index contributed by atoms with van der Waals surface area (Å²) in [4.78, 5) is 24.9. The average molecular weight is 450 g/mol. The standard InChI is InChI=1S/C28H22N2O4/c31-27(17-30-25-12-6-4-10-21(25)22-11-5-7-13-26(22)30)29-24-15-14-20(16-23(24)28(32)33)34-18-19-8-2-1-3-9-19/h1-16H,17-18H2,(H,29,31)(H,32,33). The zero-order valence-corrected chi connectivity index (χ0v) is 18.3. The van der Waals surface area contributed by atoms with Gasteiger partial charge in [0.1, 0.15) is 18.9 Å². The van der Waals surface area contributed by atoms with Crippen LogP contribution in [-0.2, 0) is 17.9 Å². The zero-order chi connectivity index (χ0) is 23.5. The van der Waals surface area contributed by atoms with Crippen LogP contribution in [-0.4, -0.2) is 21.6 Å². The van der Waals surface area contributed by atoms with Crippen LogP contribution in [0.2, 0.25) is 0 Å². The predicted octanol–water partition coefficient (Wildman–Crippen LogP) is 5.71. The molecule has 1 amide bonds. The minimum atomic E-state index is -1.14. The molecule has 5 aromatic rings. The van der Waals surface area contributed by atoms with Crippen LogP contribution in [0.5, 0.6) is 5.75 Å². The first-order chi connectivity index (χ1) is 16.6. The van der Waals surface area contributed by atoms with Crippen LogP contribution < -0.4 is 10.1 Å². The van der Waals surface area contributed by atoms with E-state index in [1.54, 1.807) is 12.1 Å². The second-order valence-corrected chi connectivity index (χ2v) is 7.96. The van der Waals surface area contributed by atoms with Crippen molar-refractivity contribution in [3.63, 3.8) is 0 Å². The van der Waals surface area contributed by atoms with Crippen molar-refractivity contribution in [3.05, 3.63) is 108 Å². The van der Waals surface area contributed by atoms with Crippen molar-refractivity contribution in [1.82, 2.24) is 4.57 Å². The maximum Gasteiger partial charge on any atom is 0.337 e. The highest BCUT2D eigenvalue weighted by Crippen LogP contribution is 2.29. The summed E-state index contributed by atoms with van der Waals surface area (Å²) < 4.78 is 7.69. The third-order valence-corrected chi connectivity index (χ3v) is 5.73. The molecule has 168 valence electrons. The Kier molecular flexibility index (Phi) is 5.70. The van der Waals surface area contributed by atoms with Crippen molar-refractivity contribution in [2.75, 3.05) is 5.32 Å². The quantitative estimate of drug-likeness (QED) is 0.333. The van der Waals surface area contributed by atoms with Gasteiger partial charge in [-0.05, 0) is 35.9 Å². The van der Waals surface area contributed by atoms with Crippen LogP contribution in [0, 0.1) is 0 Å². The number of benzene rings is 4. The van der Waals surface area contributed by atoms with Gasteiger partial charge in [0, 0.05) is 21.8 Å². The zero-order valence-electron chi connectivity index (χ0n) is 18.3. The second-order valence-electron chi connectivity index (χ2n) is 7.96. The first-order valence-corrected chi connectivity index (χ1v) is 10.9. The minimum Gasteiger partial charge on any atom is -0.489 e. The van der Waals surface area contributed by atoms with Crippen LogP contribution >= 0.6 is 0 Å². The van der Waals surface area contributed by atoms with Gasteiger partial charge in [-0.1, -0.05) is 66.7 Å². The van der Waals surface area contributed by atoms with Gasteiger partial charge in [0.05, 0.1) is 11.3 Å². The predicted molar refractivity (Wildman–Crippen MR) is 132 cm³/mol. The van der Waals surface area contributed by atoms with Gasteiger partial charge in [-0.3, -0.25) is 4.79 Å². The molecule has 0 saturated heterocycles. The number of carbonyl (C=O) groups is 2. The van der Waals surface area contributed by atoms with E-state index in [-0.39, 0.29) is 23.7 Å². The number of nitrogens with zero attached hydrogens (tertiary/aromatic N) is 1. The van der Waals surface area contributed by atoms with Crippen LogP contribution in [0.25, 0.3) is 21.8 Å². The molecule has 0 aliphatic carbocycles. The van der Waals surface area contributed by atoms with Gasteiger partial charge in [-0.15, -0.1) is 0 Å². The lowest BCUT2D eigenvalue weighted by atomic mass is 10.1. The largest absolute Gasteiger partial charge is 0.489 e. The van der Waals surface area contributed by atoms with Gasteiger partial charge in [0.2, 0.25) is 5.91 Å². The van der Waals surface area contributed by atoms with Crippen LogP contribution in [0.1, 0.15) is 15.9 Å². The molecule has 0 aliphatic rings. The maximum absolute atomic E-state index is 13.0. The van der Waals surface area contributed by atoms with Gasteiger partial charge in [0.25, 0.3) is 0 Å². The van der Waals surface area contributed by atoms with Gasteiger partial charge in [-0.25, -0.2) is 4.79 Å². The number of para-hydroxylation sites is 2. The molecular weight excluding hydrogens is 428 g/mol. The third-order valence-electron chi connectivity index (χ3n) is 5.73. The molecule has 2 N–H and O–H groups in total. The van der Waals surface area contributed by atoms with Gasteiger partial charge in [-0.2, -0.15) is 0 Å². The van der Waals surface area contributed by atoms with E-state index in [4.69, 9.17) is 4.74 Å². The van der Waals surface area contributed by atoms with Crippen molar-refractivity contribution >= 4 is 39.4 Å². The smallest absolute Gasteiger partial charge is 0.337 e. The topological polar surface area (TPSA) is 80.6 Å². The first kappa shape index (κ1) is 21.3. The minimum absolute atomic E-state index is 0.0267. The highest BCUT2D eigenvalue weighted by Gasteiger charge is 2.17. The lowest BCUT2D eigenvalue weighted by Gasteiger charge is -2.13. The van der Waals surface area contributed by atoms with Crippen molar-refractivity contribution in [1.29, 1.82) is 0 Å². The van der Waals surface area contributed by atoms with E-state index in [1.165, 1.54) is 6.07 Å². The number of hydrogen-bond acceptors (Lipinski definition) is 3. The van der Waals surface area contributed by atoms with E-state index in [2.05, 4.69) is 5.32 Å². The fraction of sp³-hybridized carbons (Fsp3) is 0.0714. The lowest BCUT2D eigenvalue weighted by Crippen LogP contribution is -2.20. The second kappa shape index (κ2) is 9.11. The maximum atomic E-state index is 13.0. The van der Waals surface area contributed by atoms with E-state index in [1.807, 2.05) is 83.4 Å². The van der Waals surface area contributed by atoms with Crippen molar-refractivity contribution in [2.45, 2.75) is 13.2 Å². The summed E-state index contributed by atoms with van der Waals surface area (Å²) in [6, 6.07) is 30.1. The molecule has 5 rings (SSSR count). The number of anilines is 1.